The molecule has 130 valence electrons. The van der Waals surface area contributed by atoms with Crippen molar-refractivity contribution in [2.24, 2.45) is 0 Å². The first kappa shape index (κ1) is 18.0. The number of nitrogens with zero attached hydrogens (tertiary/aromatic N) is 2. The molecule has 0 saturated carbocycles. The van der Waals surface area contributed by atoms with E-state index in [0.29, 0.717) is 24.6 Å². The molecule has 1 atom stereocenters. The number of ether oxygens (including phenoxy) is 1. The molecule has 0 fully saturated rings. The van der Waals surface area contributed by atoms with Crippen LogP contribution in [-0.2, 0) is 6.61 Å². The van der Waals surface area contributed by atoms with E-state index in [-0.39, 0.29) is 18.6 Å². The van der Waals surface area contributed by atoms with Crippen molar-refractivity contribution in [1.29, 1.82) is 0 Å². The average Bonchev–Trinajstić information content (AvgIpc) is 2.55. The van der Waals surface area contributed by atoms with E-state index >= 15 is 0 Å². The summed E-state index contributed by atoms with van der Waals surface area (Å²) in [7, 11) is 0. The maximum absolute atomic E-state index is 9.21. The molecule has 2 rings (SSSR count). The van der Waals surface area contributed by atoms with E-state index in [2.05, 4.69) is 28.3 Å². The number of aromatic nitrogens is 2. The van der Waals surface area contributed by atoms with Gasteiger partial charge in [-0.3, -0.25) is 0 Å². The van der Waals surface area contributed by atoms with Crippen LogP contribution in [0.5, 0.6) is 5.75 Å². The highest BCUT2D eigenvalue weighted by Crippen LogP contribution is 2.25. The van der Waals surface area contributed by atoms with Crippen LogP contribution in [0, 0.1) is 6.92 Å². The molecule has 0 radical (unpaired) electrons. The predicted octanol–water partition coefficient (Wildman–Crippen LogP) is 2.91. The Hall–Kier alpha value is -2.34. The highest BCUT2D eigenvalue weighted by atomic mass is 16.5. The third-order valence-electron chi connectivity index (χ3n) is 3.71. The van der Waals surface area contributed by atoms with E-state index in [4.69, 9.17) is 10.5 Å². The largest absolute Gasteiger partial charge is 0.483 e. The van der Waals surface area contributed by atoms with Gasteiger partial charge in [-0.15, -0.1) is 0 Å². The van der Waals surface area contributed by atoms with Gasteiger partial charge in [0.1, 0.15) is 6.61 Å². The molecule has 1 unspecified atom stereocenters. The standard InChI is InChI=1S/C18H26N4O2/c1-3-5-15(8-9-23)21-17-16(11-20-18(19)22-17)24-12-14-7-4-6-13(2)10-14/h4,6-7,10-11,15,23H,3,5,8-9,12H2,1-2H3,(H3,19,20,21,22). The highest BCUT2D eigenvalue weighted by molar-refractivity contribution is 5.51. The molecule has 1 aromatic heterocycles. The second-order valence-electron chi connectivity index (χ2n) is 5.86. The van der Waals surface area contributed by atoms with Gasteiger partial charge in [-0.2, -0.15) is 4.98 Å². The fourth-order valence-electron chi connectivity index (χ4n) is 2.54. The minimum Gasteiger partial charge on any atom is -0.483 e. The molecule has 4 N–H and O–H groups in total. The van der Waals surface area contributed by atoms with Crippen LogP contribution in [-0.4, -0.2) is 27.7 Å². The van der Waals surface area contributed by atoms with Crippen molar-refractivity contribution in [2.75, 3.05) is 17.7 Å². The minimum absolute atomic E-state index is 0.121. The summed E-state index contributed by atoms with van der Waals surface area (Å²) in [6.45, 7) is 4.71. The molecule has 2 aromatic rings. The number of nitrogen functional groups attached to an aromatic ring is 1. The Morgan fingerprint density at radius 2 is 2.17 bits per heavy atom. The fourth-order valence-corrected chi connectivity index (χ4v) is 2.54. The SMILES string of the molecule is CCCC(CCO)Nc1nc(N)ncc1OCc1cccc(C)c1. The van der Waals surface area contributed by atoms with Gasteiger partial charge in [-0.1, -0.05) is 43.2 Å². The summed E-state index contributed by atoms with van der Waals surface area (Å²) < 4.78 is 5.88. The predicted molar refractivity (Wildman–Crippen MR) is 96.0 cm³/mol. The van der Waals surface area contributed by atoms with Crippen molar-refractivity contribution in [3.63, 3.8) is 0 Å². The smallest absolute Gasteiger partial charge is 0.222 e. The number of rotatable bonds is 9. The molecule has 1 aromatic carbocycles. The fraction of sp³-hybridized carbons (Fsp3) is 0.444. The Kier molecular flexibility index (Phi) is 6.81. The molecule has 0 saturated heterocycles. The molecule has 0 amide bonds. The maximum atomic E-state index is 9.21. The summed E-state index contributed by atoms with van der Waals surface area (Å²) in [5.74, 6) is 1.33. The number of aliphatic hydroxyl groups is 1. The molecule has 6 nitrogen and oxygen atoms in total. The first-order chi connectivity index (χ1) is 11.6. The molecule has 0 aliphatic carbocycles. The first-order valence-corrected chi connectivity index (χ1v) is 8.30. The highest BCUT2D eigenvalue weighted by Gasteiger charge is 2.13. The van der Waals surface area contributed by atoms with Gasteiger partial charge < -0.3 is 20.9 Å². The number of anilines is 2. The molecule has 1 heterocycles. The van der Waals surface area contributed by atoms with E-state index in [0.717, 1.165) is 18.4 Å². The summed E-state index contributed by atoms with van der Waals surface area (Å²) in [4.78, 5) is 8.28. The van der Waals surface area contributed by atoms with Crippen molar-refractivity contribution in [2.45, 2.75) is 45.8 Å². The summed E-state index contributed by atoms with van der Waals surface area (Å²) in [5, 5.41) is 12.5. The minimum atomic E-state index is 0.121. The Morgan fingerprint density at radius 3 is 2.88 bits per heavy atom. The quantitative estimate of drug-likeness (QED) is 0.654. The van der Waals surface area contributed by atoms with Crippen LogP contribution >= 0.6 is 0 Å². The molecule has 24 heavy (non-hydrogen) atoms. The Morgan fingerprint density at radius 1 is 1.33 bits per heavy atom. The average molecular weight is 330 g/mol. The first-order valence-electron chi connectivity index (χ1n) is 8.30. The number of aryl methyl sites for hydroxylation is 1. The van der Waals surface area contributed by atoms with Gasteiger partial charge in [0.15, 0.2) is 11.6 Å². The van der Waals surface area contributed by atoms with Crippen molar-refractivity contribution < 1.29 is 9.84 Å². The van der Waals surface area contributed by atoms with Crippen LogP contribution in [0.25, 0.3) is 0 Å². The van der Waals surface area contributed by atoms with Gasteiger partial charge in [0.2, 0.25) is 5.95 Å². The van der Waals surface area contributed by atoms with Gasteiger partial charge in [-0.05, 0) is 25.3 Å². The van der Waals surface area contributed by atoms with Crippen molar-refractivity contribution >= 4 is 11.8 Å². The summed E-state index contributed by atoms with van der Waals surface area (Å²) in [6.07, 6.45) is 4.18. The monoisotopic (exact) mass is 330 g/mol. The third kappa shape index (κ3) is 5.38. The zero-order valence-electron chi connectivity index (χ0n) is 14.3. The topological polar surface area (TPSA) is 93.3 Å². The van der Waals surface area contributed by atoms with Crippen molar-refractivity contribution in [3.05, 3.63) is 41.6 Å². The molecule has 0 aliphatic heterocycles. The number of nitrogens with two attached hydrogens (primary N) is 1. The van der Waals surface area contributed by atoms with Crippen LogP contribution in [0.3, 0.4) is 0 Å². The van der Waals surface area contributed by atoms with Crippen LogP contribution in [0.2, 0.25) is 0 Å². The summed E-state index contributed by atoms with van der Waals surface area (Å²) in [6, 6.07) is 8.27. The Bertz CT molecular complexity index is 643. The van der Waals surface area contributed by atoms with Gasteiger partial charge in [0.05, 0.1) is 6.20 Å². The lowest BCUT2D eigenvalue weighted by Crippen LogP contribution is -2.22. The molecule has 0 bridgehead atoms. The van der Waals surface area contributed by atoms with Crippen molar-refractivity contribution in [3.8, 4) is 5.75 Å². The lowest BCUT2D eigenvalue weighted by atomic mass is 10.1. The summed E-state index contributed by atoms with van der Waals surface area (Å²) >= 11 is 0. The second-order valence-corrected chi connectivity index (χ2v) is 5.86. The number of aliphatic hydroxyl groups excluding tert-OH is 1. The van der Waals surface area contributed by atoms with Crippen LogP contribution < -0.4 is 15.8 Å². The van der Waals surface area contributed by atoms with Gasteiger partial charge in [0, 0.05) is 12.6 Å². The zero-order chi connectivity index (χ0) is 17.4. The number of hydrogen-bond donors (Lipinski definition) is 3. The van der Waals surface area contributed by atoms with E-state index in [1.54, 1.807) is 6.20 Å². The van der Waals surface area contributed by atoms with E-state index in [1.165, 1.54) is 5.56 Å². The number of hydrogen-bond acceptors (Lipinski definition) is 6. The molecule has 0 aliphatic rings. The molecular weight excluding hydrogens is 304 g/mol. The van der Waals surface area contributed by atoms with Crippen LogP contribution in [0.15, 0.2) is 30.5 Å². The number of nitrogens with one attached hydrogen (secondary N) is 1. The van der Waals surface area contributed by atoms with Crippen LogP contribution in [0.4, 0.5) is 11.8 Å². The third-order valence-corrected chi connectivity index (χ3v) is 3.71. The lowest BCUT2D eigenvalue weighted by molar-refractivity contribution is 0.275. The van der Waals surface area contributed by atoms with Gasteiger partial charge in [0.25, 0.3) is 0 Å². The lowest BCUT2D eigenvalue weighted by Gasteiger charge is -2.20. The van der Waals surface area contributed by atoms with Crippen molar-refractivity contribution in [1.82, 2.24) is 9.97 Å². The maximum Gasteiger partial charge on any atom is 0.222 e. The Balaban J connectivity index is 2.11. The van der Waals surface area contributed by atoms with E-state index in [1.807, 2.05) is 25.1 Å². The van der Waals surface area contributed by atoms with E-state index < -0.39 is 0 Å². The summed E-state index contributed by atoms with van der Waals surface area (Å²) in [5.41, 5.74) is 7.98. The Labute approximate surface area is 143 Å². The molecular formula is C18H26N4O2. The van der Waals surface area contributed by atoms with Gasteiger partial charge >= 0.3 is 0 Å². The van der Waals surface area contributed by atoms with Gasteiger partial charge in [-0.25, -0.2) is 4.98 Å². The normalized spacial score (nSPS) is 12.0. The second kappa shape index (κ2) is 9.08. The zero-order valence-corrected chi connectivity index (χ0v) is 14.3. The van der Waals surface area contributed by atoms with Crippen LogP contribution in [0.1, 0.15) is 37.3 Å². The molecule has 0 spiro atoms. The number of benzene rings is 1. The molecule has 6 heteroatoms. The van der Waals surface area contributed by atoms with E-state index in [9.17, 15) is 5.11 Å².